The first-order chi connectivity index (χ1) is 12.4. The molecule has 2 aliphatic heterocycles. The minimum atomic E-state index is -3.14. The molecule has 2 saturated heterocycles. The summed E-state index contributed by atoms with van der Waals surface area (Å²) in [6, 6.07) is 7.44. The summed E-state index contributed by atoms with van der Waals surface area (Å²) in [5.74, 6) is 0.518. The highest BCUT2D eigenvalue weighted by molar-refractivity contribution is 7.91. The van der Waals surface area contributed by atoms with Crippen molar-refractivity contribution in [2.24, 2.45) is 0 Å². The third-order valence-electron chi connectivity index (χ3n) is 4.81. The van der Waals surface area contributed by atoms with E-state index in [0.29, 0.717) is 0 Å². The van der Waals surface area contributed by atoms with Crippen molar-refractivity contribution < 1.29 is 17.9 Å². The van der Waals surface area contributed by atoms with Crippen molar-refractivity contribution in [1.29, 1.82) is 0 Å². The Morgan fingerprint density at radius 1 is 1.19 bits per heavy atom. The average molecular weight is 402 g/mol. The van der Waals surface area contributed by atoms with Crippen LogP contribution in [0.4, 0.5) is 5.69 Å². The average Bonchev–Trinajstić information content (AvgIpc) is 2.87. The van der Waals surface area contributed by atoms with Crippen molar-refractivity contribution in [2.75, 3.05) is 56.2 Å². The molecule has 7 nitrogen and oxygen atoms in total. The van der Waals surface area contributed by atoms with Crippen LogP contribution in [0, 0.1) is 0 Å². The van der Waals surface area contributed by atoms with Gasteiger partial charge in [-0.15, -0.1) is 11.6 Å². The first kappa shape index (κ1) is 19.3. The Morgan fingerprint density at radius 3 is 2.38 bits per heavy atom. The van der Waals surface area contributed by atoms with Crippen LogP contribution in [-0.4, -0.2) is 82.0 Å². The Kier molecular flexibility index (Phi) is 5.94. The predicted molar refractivity (Wildman–Crippen MR) is 102 cm³/mol. The Labute approximate surface area is 159 Å². The van der Waals surface area contributed by atoms with Crippen molar-refractivity contribution >= 4 is 33.0 Å². The lowest BCUT2D eigenvalue weighted by Crippen LogP contribution is -2.51. The molecule has 0 aromatic heterocycles. The second-order valence-electron chi connectivity index (χ2n) is 6.73. The number of amides is 1. The topological polar surface area (TPSA) is 79.0 Å². The molecule has 1 aromatic carbocycles. The van der Waals surface area contributed by atoms with E-state index in [0.717, 1.165) is 37.6 Å². The minimum Gasteiger partial charge on any atom is -0.497 e. The van der Waals surface area contributed by atoms with Crippen LogP contribution in [-0.2, 0) is 14.6 Å². The molecule has 26 heavy (non-hydrogen) atoms. The molecule has 2 heterocycles. The quantitative estimate of drug-likeness (QED) is 0.717. The van der Waals surface area contributed by atoms with Crippen LogP contribution in [0.1, 0.15) is 0 Å². The molecule has 0 bridgehead atoms. The smallest absolute Gasteiger partial charge is 0.234 e. The molecule has 0 spiro atoms. The Hall–Kier alpha value is -1.51. The van der Waals surface area contributed by atoms with Gasteiger partial charge in [-0.1, -0.05) is 0 Å². The molecule has 1 aromatic rings. The normalized spacial score (nSPS) is 25.8. The molecule has 0 radical (unpaired) electrons. The van der Waals surface area contributed by atoms with E-state index in [4.69, 9.17) is 16.3 Å². The van der Waals surface area contributed by atoms with E-state index in [1.54, 1.807) is 7.11 Å². The fraction of sp³-hybridized carbons (Fsp3) is 0.588. The van der Waals surface area contributed by atoms with Crippen LogP contribution in [0.3, 0.4) is 0 Å². The maximum Gasteiger partial charge on any atom is 0.234 e. The predicted octanol–water partition coefficient (Wildman–Crippen LogP) is 0.338. The number of hydrogen-bond donors (Lipinski definition) is 1. The summed E-state index contributed by atoms with van der Waals surface area (Å²) < 4.78 is 28.3. The number of piperazine rings is 1. The maximum atomic E-state index is 12.2. The number of anilines is 1. The number of nitrogens with one attached hydrogen (secondary N) is 1. The number of sulfone groups is 1. The van der Waals surface area contributed by atoms with E-state index < -0.39 is 21.3 Å². The van der Waals surface area contributed by atoms with Gasteiger partial charge in [0.25, 0.3) is 0 Å². The molecule has 0 aliphatic carbocycles. The minimum absolute atomic E-state index is 0.0694. The van der Waals surface area contributed by atoms with Crippen LogP contribution in [0.5, 0.6) is 5.75 Å². The summed E-state index contributed by atoms with van der Waals surface area (Å²) in [5, 5.41) is 2.22. The van der Waals surface area contributed by atoms with Crippen molar-refractivity contribution in [2.45, 2.75) is 11.4 Å². The first-order valence-corrected chi connectivity index (χ1v) is 10.9. The fourth-order valence-corrected chi connectivity index (χ4v) is 5.90. The zero-order valence-corrected chi connectivity index (χ0v) is 16.3. The van der Waals surface area contributed by atoms with Crippen LogP contribution >= 0.6 is 11.6 Å². The number of hydrogen-bond acceptors (Lipinski definition) is 6. The summed E-state index contributed by atoms with van der Waals surface area (Å²) >= 11 is 6.04. The molecular weight excluding hydrogens is 378 g/mol. The number of carbonyl (C=O) groups excluding carboxylic acids is 1. The largest absolute Gasteiger partial charge is 0.497 e. The van der Waals surface area contributed by atoms with Gasteiger partial charge in [0.15, 0.2) is 9.84 Å². The third kappa shape index (κ3) is 4.81. The Balaban J connectivity index is 1.45. The van der Waals surface area contributed by atoms with Gasteiger partial charge in [-0.3, -0.25) is 9.69 Å². The van der Waals surface area contributed by atoms with Crippen molar-refractivity contribution in [3.8, 4) is 5.75 Å². The molecule has 2 atom stereocenters. The van der Waals surface area contributed by atoms with Crippen LogP contribution in [0.25, 0.3) is 0 Å². The van der Waals surface area contributed by atoms with E-state index in [1.165, 1.54) is 0 Å². The number of benzene rings is 1. The highest BCUT2D eigenvalue weighted by atomic mass is 35.5. The Bertz CT molecular complexity index is 733. The van der Waals surface area contributed by atoms with E-state index in [-0.39, 0.29) is 24.0 Å². The lowest BCUT2D eigenvalue weighted by molar-refractivity contribution is -0.122. The highest BCUT2D eigenvalue weighted by Gasteiger charge is 2.37. The zero-order valence-electron chi connectivity index (χ0n) is 14.7. The molecule has 0 saturated carbocycles. The van der Waals surface area contributed by atoms with Crippen molar-refractivity contribution in [1.82, 2.24) is 10.2 Å². The number of methoxy groups -OCH3 is 1. The van der Waals surface area contributed by atoms with E-state index in [1.807, 2.05) is 24.3 Å². The molecule has 9 heteroatoms. The summed E-state index contributed by atoms with van der Waals surface area (Å²) in [6.07, 6.45) is 0. The van der Waals surface area contributed by atoms with E-state index >= 15 is 0 Å². The third-order valence-corrected chi connectivity index (χ3v) is 7.18. The van der Waals surface area contributed by atoms with Gasteiger partial charge in [-0.2, -0.15) is 0 Å². The van der Waals surface area contributed by atoms with Crippen LogP contribution in [0.2, 0.25) is 0 Å². The molecule has 1 amide bonds. The number of nitrogens with zero attached hydrogens (tertiary/aromatic N) is 2. The number of rotatable bonds is 5. The summed E-state index contributed by atoms with van der Waals surface area (Å²) in [5.41, 5.74) is 1.14. The SMILES string of the molecule is COc1ccc(N2CCN(CC(=O)N[C@@H]3CS(=O)(=O)C[C@@H]3Cl)CC2)cc1. The fourth-order valence-electron chi connectivity index (χ4n) is 3.35. The molecular formula is C17H24ClN3O4S. The second kappa shape index (κ2) is 8.02. The van der Waals surface area contributed by atoms with Gasteiger partial charge in [-0.05, 0) is 24.3 Å². The number of halogens is 1. The van der Waals surface area contributed by atoms with Crippen LogP contribution < -0.4 is 15.0 Å². The number of carbonyl (C=O) groups is 1. The monoisotopic (exact) mass is 401 g/mol. The molecule has 3 rings (SSSR count). The summed E-state index contributed by atoms with van der Waals surface area (Å²) in [7, 11) is -1.50. The van der Waals surface area contributed by atoms with Crippen LogP contribution in [0.15, 0.2) is 24.3 Å². The number of ether oxygens (including phenoxy) is 1. The first-order valence-electron chi connectivity index (χ1n) is 8.61. The highest BCUT2D eigenvalue weighted by Crippen LogP contribution is 2.21. The zero-order chi connectivity index (χ0) is 18.7. The molecule has 2 aliphatic rings. The molecule has 144 valence electrons. The maximum absolute atomic E-state index is 12.2. The second-order valence-corrected chi connectivity index (χ2v) is 9.44. The van der Waals surface area contributed by atoms with Crippen molar-refractivity contribution in [3.63, 3.8) is 0 Å². The molecule has 1 N–H and O–H groups in total. The van der Waals surface area contributed by atoms with Crippen molar-refractivity contribution in [3.05, 3.63) is 24.3 Å². The Morgan fingerprint density at radius 2 is 1.85 bits per heavy atom. The molecule has 2 fully saturated rings. The van der Waals surface area contributed by atoms with Gasteiger partial charge in [0.05, 0.1) is 36.6 Å². The summed E-state index contributed by atoms with van der Waals surface area (Å²) in [4.78, 5) is 16.6. The number of alkyl halides is 1. The van der Waals surface area contributed by atoms with E-state index in [2.05, 4.69) is 15.1 Å². The lowest BCUT2D eigenvalue weighted by Gasteiger charge is -2.36. The van der Waals surface area contributed by atoms with E-state index in [9.17, 15) is 13.2 Å². The van der Waals surface area contributed by atoms with Gasteiger partial charge in [-0.25, -0.2) is 8.42 Å². The standard InChI is InChI=1S/C17H24ClN3O4S/c1-25-14-4-2-13(3-5-14)21-8-6-20(7-9-21)10-17(22)19-16-12-26(23,24)11-15(16)18/h2-5,15-16H,6-12H2,1H3,(H,19,22)/t15-,16+/m0/s1. The van der Waals surface area contributed by atoms with Gasteiger partial charge in [0, 0.05) is 31.9 Å². The molecule has 0 unspecified atom stereocenters. The van der Waals surface area contributed by atoms with Gasteiger partial charge in [0.2, 0.25) is 5.91 Å². The van der Waals surface area contributed by atoms with Gasteiger partial charge >= 0.3 is 0 Å². The van der Waals surface area contributed by atoms with Gasteiger partial charge in [0.1, 0.15) is 5.75 Å². The lowest BCUT2D eigenvalue weighted by atomic mass is 10.2. The summed E-state index contributed by atoms with van der Waals surface area (Å²) in [6.45, 7) is 3.46. The van der Waals surface area contributed by atoms with Gasteiger partial charge < -0.3 is 15.0 Å².